The SMILES string of the molecule is C=NC=N/C=C(\C)N. The molecular weight excluding hydrogens is 102 g/mol. The second-order valence-corrected chi connectivity index (χ2v) is 1.32. The molecule has 0 amide bonds. The fourth-order valence-corrected chi connectivity index (χ4v) is 0.198. The minimum absolute atomic E-state index is 0.657. The van der Waals surface area contributed by atoms with E-state index in [1.54, 1.807) is 6.92 Å². The third-order valence-corrected chi connectivity index (χ3v) is 0.426. The van der Waals surface area contributed by atoms with Gasteiger partial charge in [-0.2, -0.15) is 0 Å². The molecule has 0 atom stereocenters. The Bertz CT molecular complexity index is 120. The van der Waals surface area contributed by atoms with Crippen molar-refractivity contribution in [2.45, 2.75) is 6.92 Å². The van der Waals surface area contributed by atoms with Gasteiger partial charge in [0.1, 0.15) is 6.34 Å². The maximum absolute atomic E-state index is 5.22. The van der Waals surface area contributed by atoms with Gasteiger partial charge < -0.3 is 5.73 Å². The van der Waals surface area contributed by atoms with Crippen molar-refractivity contribution in [3.05, 3.63) is 11.9 Å². The van der Waals surface area contributed by atoms with Crippen molar-refractivity contribution < 1.29 is 0 Å². The van der Waals surface area contributed by atoms with E-state index in [0.717, 1.165) is 0 Å². The van der Waals surface area contributed by atoms with Crippen LogP contribution in [0.3, 0.4) is 0 Å². The highest BCUT2D eigenvalue weighted by Gasteiger charge is 1.67. The molecule has 0 spiro atoms. The van der Waals surface area contributed by atoms with Gasteiger partial charge >= 0.3 is 0 Å². The van der Waals surface area contributed by atoms with E-state index in [-0.39, 0.29) is 0 Å². The van der Waals surface area contributed by atoms with Crippen LogP contribution in [0, 0.1) is 0 Å². The summed E-state index contributed by atoms with van der Waals surface area (Å²) in [6, 6.07) is 0. The average Bonchev–Trinajstić information content (AvgIpc) is 1.66. The van der Waals surface area contributed by atoms with Gasteiger partial charge in [-0.15, -0.1) is 0 Å². The second-order valence-electron chi connectivity index (χ2n) is 1.32. The molecule has 0 saturated heterocycles. The number of hydrogen-bond acceptors (Lipinski definition) is 2. The molecule has 44 valence electrons. The lowest BCUT2D eigenvalue weighted by Gasteiger charge is -1.79. The first-order valence-electron chi connectivity index (χ1n) is 2.17. The van der Waals surface area contributed by atoms with E-state index < -0.39 is 0 Å². The van der Waals surface area contributed by atoms with Gasteiger partial charge in [0.05, 0.1) is 0 Å². The number of nitrogens with zero attached hydrogens (tertiary/aromatic N) is 2. The van der Waals surface area contributed by atoms with E-state index in [2.05, 4.69) is 16.7 Å². The lowest BCUT2D eigenvalue weighted by molar-refractivity contribution is 1.27. The molecule has 0 heterocycles. The second kappa shape index (κ2) is 4.05. The Morgan fingerprint density at radius 3 is 2.75 bits per heavy atom. The molecule has 0 bridgehead atoms. The van der Waals surface area contributed by atoms with Crippen molar-refractivity contribution in [3.63, 3.8) is 0 Å². The Morgan fingerprint density at radius 2 is 2.38 bits per heavy atom. The molecule has 0 fully saturated rings. The lowest BCUT2D eigenvalue weighted by Crippen LogP contribution is -1.87. The summed E-state index contributed by atoms with van der Waals surface area (Å²) >= 11 is 0. The Hall–Kier alpha value is -1.12. The molecular formula is C5H9N3. The Balaban J connectivity index is 3.57. The number of rotatable bonds is 2. The highest BCUT2D eigenvalue weighted by molar-refractivity contribution is 5.62. The molecule has 8 heavy (non-hydrogen) atoms. The fourth-order valence-electron chi connectivity index (χ4n) is 0.198. The molecule has 0 aromatic heterocycles. The van der Waals surface area contributed by atoms with Crippen molar-refractivity contribution in [1.82, 2.24) is 0 Å². The van der Waals surface area contributed by atoms with Crippen LogP contribution in [-0.4, -0.2) is 13.1 Å². The average molecular weight is 111 g/mol. The van der Waals surface area contributed by atoms with E-state index in [4.69, 9.17) is 5.73 Å². The van der Waals surface area contributed by atoms with E-state index in [0.29, 0.717) is 5.70 Å². The highest BCUT2D eigenvalue weighted by Crippen LogP contribution is 1.77. The molecule has 3 heteroatoms. The van der Waals surface area contributed by atoms with Crippen molar-refractivity contribution in [1.29, 1.82) is 0 Å². The molecule has 0 aliphatic carbocycles. The molecule has 0 aliphatic rings. The predicted octanol–water partition coefficient (Wildman–Crippen LogP) is 0.535. The fraction of sp³-hybridized carbons (Fsp3) is 0.200. The van der Waals surface area contributed by atoms with Gasteiger partial charge in [-0.1, -0.05) is 0 Å². The van der Waals surface area contributed by atoms with Gasteiger partial charge in [0.25, 0.3) is 0 Å². The van der Waals surface area contributed by atoms with Gasteiger partial charge in [0.15, 0.2) is 0 Å². The van der Waals surface area contributed by atoms with Crippen molar-refractivity contribution >= 4 is 13.1 Å². The summed E-state index contributed by atoms with van der Waals surface area (Å²) in [7, 11) is 0. The van der Waals surface area contributed by atoms with Crippen LogP contribution < -0.4 is 5.73 Å². The normalized spacial score (nSPS) is 12.4. The van der Waals surface area contributed by atoms with Crippen molar-refractivity contribution in [2.75, 3.05) is 0 Å². The number of hydrogen-bond donors (Lipinski definition) is 1. The van der Waals surface area contributed by atoms with Crippen LogP contribution in [0.5, 0.6) is 0 Å². The zero-order valence-electron chi connectivity index (χ0n) is 4.83. The molecule has 2 N–H and O–H groups in total. The summed E-state index contributed by atoms with van der Waals surface area (Å²) in [5, 5.41) is 0. The number of nitrogens with two attached hydrogens (primary N) is 1. The van der Waals surface area contributed by atoms with Crippen LogP contribution in [-0.2, 0) is 0 Å². The molecule has 3 nitrogen and oxygen atoms in total. The molecule has 0 radical (unpaired) electrons. The first-order valence-corrected chi connectivity index (χ1v) is 2.17. The molecule has 0 unspecified atom stereocenters. The minimum Gasteiger partial charge on any atom is -0.401 e. The van der Waals surface area contributed by atoms with Gasteiger partial charge in [-0.3, -0.25) is 4.99 Å². The van der Waals surface area contributed by atoms with E-state index in [9.17, 15) is 0 Å². The molecule has 0 rings (SSSR count). The Labute approximate surface area is 48.6 Å². The van der Waals surface area contributed by atoms with E-state index in [1.807, 2.05) is 0 Å². The number of aliphatic imine (C=N–C) groups is 2. The van der Waals surface area contributed by atoms with E-state index >= 15 is 0 Å². The maximum atomic E-state index is 5.22. The summed E-state index contributed by atoms with van der Waals surface area (Å²) in [5.74, 6) is 0. The summed E-state index contributed by atoms with van der Waals surface area (Å²) in [5.41, 5.74) is 5.88. The zero-order valence-corrected chi connectivity index (χ0v) is 4.83. The third kappa shape index (κ3) is 4.88. The predicted molar refractivity (Wildman–Crippen MR) is 36.0 cm³/mol. The zero-order chi connectivity index (χ0) is 6.41. The van der Waals surface area contributed by atoms with Crippen LogP contribution in [0.4, 0.5) is 0 Å². The van der Waals surface area contributed by atoms with Crippen LogP contribution in [0.2, 0.25) is 0 Å². The van der Waals surface area contributed by atoms with Gasteiger partial charge in [-0.05, 0) is 13.6 Å². The quantitative estimate of drug-likeness (QED) is 0.410. The Morgan fingerprint density at radius 1 is 1.75 bits per heavy atom. The number of allylic oxidation sites excluding steroid dienone is 1. The molecule has 0 saturated carbocycles. The Kier molecular flexibility index (Phi) is 3.48. The lowest BCUT2D eigenvalue weighted by atomic mass is 10.6. The molecule has 0 aliphatic heterocycles. The summed E-state index contributed by atoms with van der Waals surface area (Å²) < 4.78 is 0. The summed E-state index contributed by atoms with van der Waals surface area (Å²) in [4.78, 5) is 7.01. The monoisotopic (exact) mass is 111 g/mol. The van der Waals surface area contributed by atoms with Gasteiger partial charge in [0, 0.05) is 11.9 Å². The first-order chi connectivity index (χ1) is 3.77. The minimum atomic E-state index is 0.657. The van der Waals surface area contributed by atoms with Gasteiger partial charge in [-0.25, -0.2) is 4.99 Å². The molecule has 0 aromatic carbocycles. The highest BCUT2D eigenvalue weighted by atomic mass is 14.8. The van der Waals surface area contributed by atoms with Crippen LogP contribution in [0.1, 0.15) is 6.92 Å². The standard InChI is InChI=1S/C5H9N3/c1-5(6)3-8-4-7-2/h3-4H,2,6H2,1H3/b5-3+,8-4?. The largest absolute Gasteiger partial charge is 0.401 e. The van der Waals surface area contributed by atoms with Crippen LogP contribution in [0.25, 0.3) is 0 Å². The maximum Gasteiger partial charge on any atom is 0.114 e. The molecule has 0 aromatic rings. The summed E-state index contributed by atoms with van der Waals surface area (Å²) in [6.07, 6.45) is 2.84. The van der Waals surface area contributed by atoms with Crippen LogP contribution in [0.15, 0.2) is 21.9 Å². The smallest absolute Gasteiger partial charge is 0.114 e. The van der Waals surface area contributed by atoms with Gasteiger partial charge in [0.2, 0.25) is 0 Å². The first kappa shape index (κ1) is 6.88. The van der Waals surface area contributed by atoms with Crippen molar-refractivity contribution in [2.24, 2.45) is 15.7 Å². The van der Waals surface area contributed by atoms with Crippen molar-refractivity contribution in [3.8, 4) is 0 Å². The third-order valence-electron chi connectivity index (χ3n) is 0.426. The van der Waals surface area contributed by atoms with Crippen LogP contribution >= 0.6 is 0 Å². The summed E-state index contributed by atoms with van der Waals surface area (Å²) in [6.45, 7) is 4.94. The topological polar surface area (TPSA) is 50.7 Å². The van der Waals surface area contributed by atoms with E-state index in [1.165, 1.54) is 12.5 Å².